The van der Waals surface area contributed by atoms with Crippen LogP contribution in [0.3, 0.4) is 0 Å². The average molecular weight is 520 g/mol. The number of carbonyl (C=O) groups excluding carboxylic acids is 1. The highest BCUT2D eigenvalue weighted by Crippen LogP contribution is 2.45. The van der Waals surface area contributed by atoms with Crippen molar-refractivity contribution in [3.63, 3.8) is 0 Å². The number of halogens is 3. The van der Waals surface area contributed by atoms with E-state index in [1.165, 1.54) is 10.7 Å². The highest BCUT2D eigenvalue weighted by atomic mass is 19.4. The van der Waals surface area contributed by atoms with Crippen molar-refractivity contribution in [2.24, 2.45) is 5.92 Å². The molecule has 0 radical (unpaired) electrons. The third-order valence-electron chi connectivity index (χ3n) is 7.41. The average Bonchev–Trinajstić information content (AvgIpc) is 3.43. The Morgan fingerprint density at radius 3 is 2.70 bits per heavy atom. The summed E-state index contributed by atoms with van der Waals surface area (Å²) < 4.78 is 47.6. The van der Waals surface area contributed by atoms with Crippen LogP contribution in [-0.4, -0.2) is 67.8 Å². The van der Waals surface area contributed by atoms with Gasteiger partial charge in [-0.1, -0.05) is 0 Å². The second kappa shape index (κ2) is 8.88. The Morgan fingerprint density at radius 2 is 2.03 bits per heavy atom. The molecule has 3 aromatic rings. The molecule has 2 aliphatic rings. The van der Waals surface area contributed by atoms with E-state index in [2.05, 4.69) is 15.4 Å². The van der Waals surface area contributed by atoms with Gasteiger partial charge in [0.25, 0.3) is 5.91 Å². The summed E-state index contributed by atoms with van der Waals surface area (Å²) in [5.41, 5.74) is -1.10. The molecule has 1 amide bonds. The predicted molar refractivity (Wildman–Crippen MR) is 129 cm³/mol. The number of aliphatic hydroxyl groups excluding tert-OH is 1. The maximum atomic E-state index is 13.4. The Hall–Kier alpha value is -3.38. The zero-order valence-electron chi connectivity index (χ0n) is 20.4. The lowest BCUT2D eigenvalue weighted by molar-refractivity contribution is -0.273. The monoisotopic (exact) mass is 519 g/mol. The van der Waals surface area contributed by atoms with Gasteiger partial charge in [0, 0.05) is 43.5 Å². The molecule has 0 spiro atoms. The minimum absolute atomic E-state index is 0.115. The van der Waals surface area contributed by atoms with Crippen LogP contribution in [0.2, 0.25) is 0 Å². The fourth-order valence-corrected chi connectivity index (χ4v) is 5.09. The zero-order valence-corrected chi connectivity index (χ0v) is 20.4. The van der Waals surface area contributed by atoms with Gasteiger partial charge in [0.2, 0.25) is 0 Å². The van der Waals surface area contributed by atoms with E-state index in [9.17, 15) is 28.2 Å². The number of anilines is 2. The largest absolute Gasteiger partial charge is 0.484 e. The summed E-state index contributed by atoms with van der Waals surface area (Å²) in [4.78, 5) is 19.4. The minimum Gasteiger partial charge on any atom is -0.484 e. The quantitative estimate of drug-likeness (QED) is 0.475. The van der Waals surface area contributed by atoms with E-state index in [1.54, 1.807) is 37.5 Å². The normalized spacial score (nSPS) is 22.0. The van der Waals surface area contributed by atoms with Gasteiger partial charge in [0.1, 0.15) is 16.9 Å². The summed E-state index contributed by atoms with van der Waals surface area (Å²) in [5, 5.41) is 27.0. The fourth-order valence-electron chi connectivity index (χ4n) is 5.09. The van der Waals surface area contributed by atoms with Crippen molar-refractivity contribution in [3.8, 4) is 5.75 Å². The van der Waals surface area contributed by atoms with Crippen LogP contribution in [-0.2, 0) is 6.42 Å². The van der Waals surface area contributed by atoms with Crippen molar-refractivity contribution in [1.82, 2.24) is 14.6 Å². The first kappa shape index (κ1) is 25.3. The third kappa shape index (κ3) is 4.48. The molecule has 12 heteroatoms. The topological polar surface area (TPSA) is 112 Å². The van der Waals surface area contributed by atoms with Gasteiger partial charge in [-0.25, -0.2) is 9.50 Å². The molecule has 2 aromatic heterocycles. The van der Waals surface area contributed by atoms with Gasteiger partial charge in [-0.3, -0.25) is 4.79 Å². The van der Waals surface area contributed by atoms with Gasteiger partial charge in [-0.2, -0.15) is 18.3 Å². The van der Waals surface area contributed by atoms with E-state index < -0.39 is 29.2 Å². The summed E-state index contributed by atoms with van der Waals surface area (Å²) in [7, 11) is 0. The highest BCUT2D eigenvalue weighted by molar-refractivity contribution is 6.09. The van der Waals surface area contributed by atoms with E-state index in [0.717, 1.165) is 12.5 Å². The Morgan fingerprint density at radius 1 is 1.30 bits per heavy atom. The second-order valence-corrected chi connectivity index (χ2v) is 10.2. The lowest BCUT2D eigenvalue weighted by atomic mass is 9.81. The molecule has 198 valence electrons. The lowest BCUT2D eigenvalue weighted by Crippen LogP contribution is -2.52. The first-order valence-electron chi connectivity index (χ1n) is 12.0. The van der Waals surface area contributed by atoms with E-state index in [-0.39, 0.29) is 38.1 Å². The van der Waals surface area contributed by atoms with E-state index in [4.69, 9.17) is 4.74 Å². The number of benzene rings is 1. The van der Waals surface area contributed by atoms with Crippen molar-refractivity contribution in [1.29, 1.82) is 0 Å². The summed E-state index contributed by atoms with van der Waals surface area (Å²) >= 11 is 0. The maximum Gasteiger partial charge on any atom is 0.417 e. The molecule has 1 aromatic carbocycles. The second-order valence-electron chi connectivity index (χ2n) is 10.2. The summed E-state index contributed by atoms with van der Waals surface area (Å²) in [6.07, 6.45) is 0.582. The van der Waals surface area contributed by atoms with Gasteiger partial charge in [-0.15, -0.1) is 0 Å². The number of aromatic nitrogens is 3. The molecule has 9 nitrogen and oxygen atoms in total. The molecule has 1 fully saturated rings. The van der Waals surface area contributed by atoms with Crippen molar-refractivity contribution in [2.45, 2.75) is 50.5 Å². The van der Waals surface area contributed by atoms with Crippen molar-refractivity contribution in [2.75, 3.05) is 29.9 Å². The first-order valence-corrected chi connectivity index (χ1v) is 12.0. The maximum absolute atomic E-state index is 13.4. The van der Waals surface area contributed by atoms with Gasteiger partial charge in [0.15, 0.2) is 11.2 Å². The van der Waals surface area contributed by atoms with Crippen LogP contribution >= 0.6 is 0 Å². The molecule has 37 heavy (non-hydrogen) atoms. The number of alkyl halides is 3. The molecule has 3 N–H and O–H groups in total. The number of fused-ring (bicyclic) bond motifs is 2. The number of hydrogen-bond donors (Lipinski definition) is 3. The van der Waals surface area contributed by atoms with Gasteiger partial charge >= 0.3 is 6.18 Å². The number of rotatable bonds is 5. The molecular weight excluding hydrogens is 491 g/mol. The summed E-state index contributed by atoms with van der Waals surface area (Å²) in [5.74, 6) is -0.838. The minimum atomic E-state index is -4.72. The van der Waals surface area contributed by atoms with Crippen molar-refractivity contribution in [3.05, 3.63) is 47.9 Å². The number of ether oxygens (including phenoxy) is 1. The number of nitrogens with one attached hydrogen (secondary N) is 1. The lowest BCUT2D eigenvalue weighted by Gasteiger charge is -2.41. The molecular formula is C25H28F3N5O4. The SMILES string of the molecule is C[C@]1(CO)Cc2cc(NC(=O)c3cnn4cccnc34)c(N3CCC([C@](C)(O)C(F)(F)F)CC3)cc2O1. The predicted octanol–water partition coefficient (Wildman–Crippen LogP) is 3.20. The first-order chi connectivity index (χ1) is 17.4. The Labute approximate surface area is 210 Å². The Balaban J connectivity index is 1.45. The molecule has 1 saturated heterocycles. The van der Waals surface area contributed by atoms with Crippen molar-refractivity contribution >= 4 is 22.9 Å². The van der Waals surface area contributed by atoms with Crippen LogP contribution in [0.4, 0.5) is 24.5 Å². The van der Waals surface area contributed by atoms with Crippen LogP contribution < -0.4 is 15.0 Å². The molecule has 0 aliphatic carbocycles. The van der Waals surface area contributed by atoms with Crippen LogP contribution in [0.25, 0.3) is 5.65 Å². The number of aliphatic hydroxyl groups is 2. The molecule has 2 atom stereocenters. The molecule has 0 saturated carbocycles. The van der Waals surface area contributed by atoms with Crippen molar-refractivity contribution < 1.29 is 32.9 Å². The van der Waals surface area contributed by atoms with Gasteiger partial charge < -0.3 is 25.2 Å². The van der Waals surface area contributed by atoms with Gasteiger partial charge in [-0.05, 0) is 44.7 Å². The number of carbonyl (C=O) groups is 1. The molecule has 0 bridgehead atoms. The number of hydrogen-bond acceptors (Lipinski definition) is 7. The number of piperidine rings is 1. The smallest absolute Gasteiger partial charge is 0.417 e. The number of amides is 1. The van der Waals surface area contributed by atoms with Crippen LogP contribution in [0.5, 0.6) is 5.75 Å². The van der Waals surface area contributed by atoms with Crippen LogP contribution in [0.1, 0.15) is 42.6 Å². The van der Waals surface area contributed by atoms with E-state index in [0.29, 0.717) is 29.2 Å². The standard InChI is InChI=1S/C25H28F3N5O4/c1-23(14-34)12-15-10-18(31-22(35)17-13-30-33-7-3-6-29-21(17)33)19(11-20(15)37-23)32-8-4-16(5-9-32)24(2,36)25(26,27)28/h3,6-7,10-11,13,16,34,36H,4-5,8-9,12,14H2,1-2H3,(H,31,35)/t23-,24+/m1/s1. The van der Waals surface area contributed by atoms with E-state index in [1.807, 2.05) is 4.90 Å². The van der Waals surface area contributed by atoms with E-state index >= 15 is 0 Å². The summed E-state index contributed by atoms with van der Waals surface area (Å²) in [6, 6.07) is 5.22. The summed E-state index contributed by atoms with van der Waals surface area (Å²) in [6.45, 7) is 2.88. The molecule has 5 rings (SSSR count). The number of nitrogens with zero attached hydrogens (tertiary/aromatic N) is 4. The zero-order chi connectivity index (χ0) is 26.6. The third-order valence-corrected chi connectivity index (χ3v) is 7.41. The highest BCUT2D eigenvalue weighted by Gasteiger charge is 2.55. The molecule has 0 unspecified atom stereocenters. The van der Waals surface area contributed by atoms with Crippen LogP contribution in [0.15, 0.2) is 36.8 Å². The Bertz CT molecular complexity index is 1330. The fraction of sp³-hybridized carbons (Fsp3) is 0.480. The molecule has 4 heterocycles. The Kier molecular flexibility index (Phi) is 6.06. The van der Waals surface area contributed by atoms with Gasteiger partial charge in [0.05, 0.1) is 24.2 Å². The van der Waals surface area contributed by atoms with Crippen LogP contribution in [0, 0.1) is 5.92 Å². The molecule has 2 aliphatic heterocycles.